The van der Waals surface area contributed by atoms with Crippen LogP contribution in [0.1, 0.15) is 27.2 Å². The van der Waals surface area contributed by atoms with Gasteiger partial charge in [0.25, 0.3) is 0 Å². The molecule has 0 aromatic carbocycles. The minimum atomic E-state index is -0.264. The molecule has 4 nitrogen and oxygen atoms in total. The van der Waals surface area contributed by atoms with Crippen molar-refractivity contribution in [2.24, 2.45) is 5.41 Å². The van der Waals surface area contributed by atoms with Crippen LogP contribution in [0.5, 0.6) is 0 Å². The maximum absolute atomic E-state index is 11.0. The number of esters is 1. The molecule has 0 aromatic rings. The zero-order valence-corrected chi connectivity index (χ0v) is 9.91. The van der Waals surface area contributed by atoms with Crippen molar-refractivity contribution in [3.05, 3.63) is 0 Å². The van der Waals surface area contributed by atoms with Gasteiger partial charge in [-0.2, -0.15) is 0 Å². The molecular formula is C11H20O4. The Morgan fingerprint density at radius 1 is 1.60 bits per heavy atom. The van der Waals surface area contributed by atoms with Crippen molar-refractivity contribution < 1.29 is 19.0 Å². The third-order valence-electron chi connectivity index (χ3n) is 2.93. The van der Waals surface area contributed by atoms with E-state index in [1.807, 2.05) is 6.92 Å². The van der Waals surface area contributed by atoms with Crippen molar-refractivity contribution >= 4 is 5.97 Å². The fourth-order valence-electron chi connectivity index (χ4n) is 2.18. The first-order valence-electron chi connectivity index (χ1n) is 5.27. The lowest BCUT2D eigenvalue weighted by Gasteiger charge is -2.43. The van der Waals surface area contributed by atoms with Crippen LogP contribution < -0.4 is 0 Å². The SMILES string of the molecule is COCC1(C)CCOC(C)C1OC(C)=O. The molecule has 0 N–H and O–H groups in total. The van der Waals surface area contributed by atoms with Crippen LogP contribution in [-0.2, 0) is 19.0 Å². The highest BCUT2D eigenvalue weighted by Gasteiger charge is 2.43. The van der Waals surface area contributed by atoms with E-state index < -0.39 is 0 Å². The van der Waals surface area contributed by atoms with Crippen molar-refractivity contribution in [1.82, 2.24) is 0 Å². The van der Waals surface area contributed by atoms with Gasteiger partial charge in [-0.25, -0.2) is 0 Å². The highest BCUT2D eigenvalue weighted by molar-refractivity contribution is 5.66. The number of carbonyl (C=O) groups is 1. The van der Waals surface area contributed by atoms with Gasteiger partial charge in [0, 0.05) is 26.1 Å². The summed E-state index contributed by atoms with van der Waals surface area (Å²) in [5, 5.41) is 0. The first-order valence-corrected chi connectivity index (χ1v) is 5.27. The predicted octanol–water partition coefficient (Wildman–Crippen LogP) is 1.38. The summed E-state index contributed by atoms with van der Waals surface area (Å²) in [6.07, 6.45) is 0.565. The number of hydrogen-bond acceptors (Lipinski definition) is 4. The molecule has 0 saturated carbocycles. The molecule has 15 heavy (non-hydrogen) atoms. The lowest BCUT2D eigenvalue weighted by atomic mass is 9.78. The second-order valence-corrected chi connectivity index (χ2v) is 4.44. The maximum Gasteiger partial charge on any atom is 0.303 e. The molecule has 0 amide bonds. The quantitative estimate of drug-likeness (QED) is 0.668. The second kappa shape index (κ2) is 4.94. The van der Waals surface area contributed by atoms with Crippen molar-refractivity contribution in [2.45, 2.75) is 39.4 Å². The van der Waals surface area contributed by atoms with Gasteiger partial charge in [-0.15, -0.1) is 0 Å². The van der Waals surface area contributed by atoms with E-state index in [0.29, 0.717) is 13.2 Å². The zero-order valence-electron chi connectivity index (χ0n) is 9.91. The van der Waals surface area contributed by atoms with E-state index in [-0.39, 0.29) is 23.6 Å². The highest BCUT2D eigenvalue weighted by Crippen LogP contribution is 2.35. The molecule has 1 aliphatic rings. The summed E-state index contributed by atoms with van der Waals surface area (Å²) in [6.45, 7) is 6.70. The molecule has 1 fully saturated rings. The van der Waals surface area contributed by atoms with Crippen LogP contribution in [0, 0.1) is 5.41 Å². The minimum Gasteiger partial charge on any atom is -0.459 e. The Balaban J connectivity index is 2.76. The average Bonchev–Trinajstić information content (AvgIpc) is 2.12. The Labute approximate surface area is 90.9 Å². The lowest BCUT2D eigenvalue weighted by Crippen LogP contribution is -2.51. The molecule has 1 saturated heterocycles. The third-order valence-corrected chi connectivity index (χ3v) is 2.93. The summed E-state index contributed by atoms with van der Waals surface area (Å²) in [5.74, 6) is -0.264. The fourth-order valence-corrected chi connectivity index (χ4v) is 2.18. The van der Waals surface area contributed by atoms with Gasteiger partial charge in [-0.05, 0) is 13.3 Å². The van der Waals surface area contributed by atoms with Crippen LogP contribution in [0.25, 0.3) is 0 Å². The predicted molar refractivity (Wildman–Crippen MR) is 55.6 cm³/mol. The van der Waals surface area contributed by atoms with Gasteiger partial charge in [-0.3, -0.25) is 4.79 Å². The lowest BCUT2D eigenvalue weighted by molar-refractivity contribution is -0.189. The van der Waals surface area contributed by atoms with Gasteiger partial charge in [0.15, 0.2) is 0 Å². The van der Waals surface area contributed by atoms with Crippen LogP contribution >= 0.6 is 0 Å². The van der Waals surface area contributed by atoms with Gasteiger partial charge in [0.1, 0.15) is 6.10 Å². The molecule has 1 rings (SSSR count). The molecule has 1 heterocycles. The first kappa shape index (κ1) is 12.5. The Morgan fingerprint density at radius 2 is 2.27 bits per heavy atom. The summed E-state index contributed by atoms with van der Waals surface area (Å²) in [7, 11) is 1.66. The smallest absolute Gasteiger partial charge is 0.303 e. The van der Waals surface area contributed by atoms with Crippen molar-refractivity contribution in [2.75, 3.05) is 20.3 Å². The molecule has 0 radical (unpaired) electrons. The fraction of sp³-hybridized carbons (Fsp3) is 0.909. The van der Waals surface area contributed by atoms with Crippen LogP contribution in [0.2, 0.25) is 0 Å². The van der Waals surface area contributed by atoms with E-state index in [9.17, 15) is 4.79 Å². The Morgan fingerprint density at radius 3 is 2.80 bits per heavy atom. The molecule has 1 aliphatic heterocycles. The topological polar surface area (TPSA) is 44.8 Å². The standard InChI is InChI=1S/C11H20O4/c1-8-10(15-9(2)12)11(3,7-13-4)5-6-14-8/h8,10H,5-7H2,1-4H3. The van der Waals surface area contributed by atoms with Crippen LogP contribution in [0.15, 0.2) is 0 Å². The van der Waals surface area contributed by atoms with Crippen molar-refractivity contribution in [3.8, 4) is 0 Å². The van der Waals surface area contributed by atoms with Crippen molar-refractivity contribution in [3.63, 3.8) is 0 Å². The summed E-state index contributed by atoms with van der Waals surface area (Å²) in [6, 6.07) is 0. The van der Waals surface area contributed by atoms with Crippen LogP contribution in [0.4, 0.5) is 0 Å². The van der Waals surface area contributed by atoms with Gasteiger partial charge < -0.3 is 14.2 Å². The average molecular weight is 216 g/mol. The molecule has 3 unspecified atom stereocenters. The summed E-state index contributed by atoms with van der Waals surface area (Å²) < 4.78 is 16.0. The van der Waals surface area contributed by atoms with Crippen LogP contribution in [-0.4, -0.2) is 38.5 Å². The molecule has 4 heteroatoms. The molecule has 0 bridgehead atoms. The third kappa shape index (κ3) is 2.92. The first-order chi connectivity index (χ1) is 6.99. The number of methoxy groups -OCH3 is 1. The summed E-state index contributed by atoms with van der Waals surface area (Å²) >= 11 is 0. The normalized spacial score (nSPS) is 36.3. The molecule has 3 atom stereocenters. The van der Waals surface area contributed by atoms with Gasteiger partial charge >= 0.3 is 5.97 Å². The summed E-state index contributed by atoms with van der Waals surface area (Å²) in [4.78, 5) is 11.0. The Bertz CT molecular complexity index is 225. The van der Waals surface area contributed by atoms with E-state index in [1.54, 1.807) is 7.11 Å². The van der Waals surface area contributed by atoms with Gasteiger partial charge in [0.2, 0.25) is 0 Å². The van der Waals surface area contributed by atoms with Gasteiger partial charge in [0.05, 0.1) is 12.7 Å². The highest BCUT2D eigenvalue weighted by atomic mass is 16.6. The molecule has 0 spiro atoms. The molecular weight excluding hydrogens is 196 g/mol. The second-order valence-electron chi connectivity index (χ2n) is 4.44. The van der Waals surface area contributed by atoms with E-state index in [4.69, 9.17) is 14.2 Å². The van der Waals surface area contributed by atoms with Crippen LogP contribution in [0.3, 0.4) is 0 Å². The Hall–Kier alpha value is -0.610. The summed E-state index contributed by atoms with van der Waals surface area (Å²) in [5.41, 5.74) is -0.141. The number of hydrogen-bond donors (Lipinski definition) is 0. The van der Waals surface area contributed by atoms with E-state index in [2.05, 4.69) is 6.92 Å². The Kier molecular flexibility index (Phi) is 4.11. The van der Waals surface area contributed by atoms with Crippen molar-refractivity contribution in [1.29, 1.82) is 0 Å². The monoisotopic (exact) mass is 216 g/mol. The molecule has 0 aromatic heterocycles. The van der Waals surface area contributed by atoms with E-state index >= 15 is 0 Å². The largest absolute Gasteiger partial charge is 0.459 e. The number of ether oxygens (including phenoxy) is 3. The molecule has 0 aliphatic carbocycles. The van der Waals surface area contributed by atoms with E-state index in [1.165, 1.54) is 6.92 Å². The van der Waals surface area contributed by atoms with E-state index in [0.717, 1.165) is 6.42 Å². The number of carbonyl (C=O) groups excluding carboxylic acids is 1. The zero-order chi connectivity index (χ0) is 11.5. The van der Waals surface area contributed by atoms with Gasteiger partial charge in [-0.1, -0.05) is 6.92 Å². The molecule has 88 valence electrons. The number of rotatable bonds is 3. The maximum atomic E-state index is 11.0. The minimum absolute atomic E-state index is 0.0669.